The predicted octanol–water partition coefficient (Wildman–Crippen LogP) is 2.78. The Balaban J connectivity index is 1.94. The zero-order valence-electron chi connectivity index (χ0n) is 7.82. The van der Waals surface area contributed by atoms with Crippen molar-refractivity contribution in [2.75, 3.05) is 5.21 Å². The van der Waals surface area contributed by atoms with Crippen molar-refractivity contribution in [1.29, 1.82) is 0 Å². The first-order valence-corrected chi connectivity index (χ1v) is 6.55. The van der Waals surface area contributed by atoms with Crippen molar-refractivity contribution in [3.63, 3.8) is 0 Å². The van der Waals surface area contributed by atoms with Crippen molar-refractivity contribution in [3.8, 4) is 0 Å². The average Bonchev–Trinajstić information content (AvgIpc) is 3.07. The summed E-state index contributed by atoms with van der Waals surface area (Å²) < 4.78 is 2.32. The van der Waals surface area contributed by atoms with Gasteiger partial charge >= 0.3 is 0 Å². The highest BCUT2D eigenvalue weighted by Gasteiger charge is 2.36. The Morgan fingerprint density at radius 2 is 2.07 bits per heavy atom. The minimum atomic E-state index is 0.565. The van der Waals surface area contributed by atoms with Crippen LogP contribution in [0.3, 0.4) is 0 Å². The maximum absolute atomic E-state index is 5.72. The fraction of sp³-hybridized carbons (Fsp3) is 0.778. The van der Waals surface area contributed by atoms with Crippen molar-refractivity contribution in [2.24, 2.45) is 0 Å². The largest absolute Gasteiger partial charge is 0.303 e. The molecule has 2 aliphatic rings. The minimum absolute atomic E-state index is 0.565. The third-order valence-electron chi connectivity index (χ3n) is 2.73. The van der Waals surface area contributed by atoms with E-state index in [9.17, 15) is 0 Å². The van der Waals surface area contributed by atoms with Crippen molar-refractivity contribution >= 4 is 23.4 Å². The van der Waals surface area contributed by atoms with Gasteiger partial charge in [-0.05, 0) is 25.7 Å². The van der Waals surface area contributed by atoms with Crippen LogP contribution in [0.1, 0.15) is 43.5 Å². The third kappa shape index (κ3) is 1.54. The van der Waals surface area contributed by atoms with Crippen LogP contribution >= 0.6 is 23.4 Å². The molecule has 76 valence electrons. The summed E-state index contributed by atoms with van der Waals surface area (Å²) in [4.78, 5) is 0. The van der Waals surface area contributed by atoms with Gasteiger partial charge in [-0.1, -0.05) is 11.8 Å². The molecule has 0 saturated heterocycles. The molecule has 0 atom stereocenters. The van der Waals surface area contributed by atoms with Crippen molar-refractivity contribution in [2.45, 2.75) is 42.8 Å². The predicted molar refractivity (Wildman–Crippen MR) is 56.8 cm³/mol. The van der Waals surface area contributed by atoms with E-state index in [0.29, 0.717) is 17.2 Å². The van der Waals surface area contributed by atoms with E-state index in [2.05, 4.69) is 14.8 Å². The molecule has 3 rings (SSSR count). The second kappa shape index (κ2) is 3.42. The highest BCUT2D eigenvalue weighted by Crippen LogP contribution is 2.45. The molecular weight excluding hydrogens is 218 g/mol. The number of halogens is 1. The summed E-state index contributed by atoms with van der Waals surface area (Å²) >= 11 is 7.31. The van der Waals surface area contributed by atoms with Crippen LogP contribution in [0.2, 0.25) is 0 Å². The van der Waals surface area contributed by atoms with Crippen LogP contribution < -0.4 is 0 Å². The summed E-state index contributed by atoms with van der Waals surface area (Å²) in [6.45, 7) is 0. The number of thioether (sulfide) groups is 1. The topological polar surface area (TPSA) is 30.7 Å². The zero-order chi connectivity index (χ0) is 9.54. The van der Waals surface area contributed by atoms with Crippen LogP contribution in [0, 0.1) is 0 Å². The van der Waals surface area contributed by atoms with E-state index in [4.69, 9.17) is 11.6 Å². The Hall–Kier alpha value is -0.220. The summed E-state index contributed by atoms with van der Waals surface area (Å²) in [5.74, 6) is 1.90. The van der Waals surface area contributed by atoms with Gasteiger partial charge in [0.1, 0.15) is 5.82 Å². The molecule has 0 amide bonds. The van der Waals surface area contributed by atoms with E-state index < -0.39 is 0 Å². The smallest absolute Gasteiger partial charge is 0.192 e. The molecule has 1 heterocycles. The van der Waals surface area contributed by atoms with Crippen molar-refractivity contribution < 1.29 is 0 Å². The number of aromatic nitrogens is 3. The molecule has 0 N–H and O–H groups in total. The molecular formula is C9H12ClN3S. The summed E-state index contributed by atoms with van der Waals surface area (Å²) in [5, 5.41) is 10.1. The van der Waals surface area contributed by atoms with E-state index in [1.807, 2.05) is 0 Å². The Morgan fingerprint density at radius 1 is 1.29 bits per heavy atom. The van der Waals surface area contributed by atoms with E-state index in [-0.39, 0.29) is 0 Å². The molecule has 0 unspecified atom stereocenters. The first kappa shape index (κ1) is 9.04. The van der Waals surface area contributed by atoms with E-state index in [1.165, 1.54) is 31.5 Å². The van der Waals surface area contributed by atoms with Gasteiger partial charge in [-0.2, -0.15) is 0 Å². The lowest BCUT2D eigenvalue weighted by Crippen LogP contribution is -2.01. The molecule has 0 bridgehead atoms. The molecule has 1 aromatic heterocycles. The highest BCUT2D eigenvalue weighted by atomic mass is 35.5. The number of hydrogen-bond acceptors (Lipinski definition) is 3. The van der Waals surface area contributed by atoms with Gasteiger partial charge in [-0.15, -0.1) is 21.8 Å². The maximum Gasteiger partial charge on any atom is 0.192 e. The Kier molecular flexibility index (Phi) is 2.21. The quantitative estimate of drug-likeness (QED) is 0.588. The number of alkyl halides is 1. The molecule has 2 fully saturated rings. The van der Waals surface area contributed by atoms with Gasteiger partial charge in [0, 0.05) is 12.0 Å². The second-order valence-corrected chi connectivity index (χ2v) is 5.50. The lowest BCUT2D eigenvalue weighted by atomic mass is 10.4. The average molecular weight is 230 g/mol. The molecule has 14 heavy (non-hydrogen) atoms. The Labute approximate surface area is 92.2 Å². The Morgan fingerprint density at radius 3 is 2.64 bits per heavy atom. The first-order chi connectivity index (χ1) is 6.90. The fourth-order valence-electron chi connectivity index (χ4n) is 1.73. The highest BCUT2D eigenvalue weighted by molar-refractivity contribution is 8.00. The molecule has 0 spiro atoms. The number of hydrogen-bond donors (Lipinski definition) is 0. The molecule has 0 aliphatic heterocycles. The van der Waals surface area contributed by atoms with Crippen LogP contribution in [0.5, 0.6) is 0 Å². The standard InChI is InChI=1S/C9H12ClN3S/c10-5-14-9-12-11-8(6-1-2-6)13(9)7-3-4-7/h6-7H,1-5H2. The second-order valence-electron chi connectivity index (χ2n) is 3.97. The molecule has 1 aromatic rings. The molecule has 2 saturated carbocycles. The zero-order valence-corrected chi connectivity index (χ0v) is 9.39. The Bertz CT molecular complexity index is 344. The summed E-state index contributed by atoms with van der Waals surface area (Å²) in [7, 11) is 0. The van der Waals surface area contributed by atoms with Gasteiger partial charge in [0.25, 0.3) is 0 Å². The van der Waals surface area contributed by atoms with Gasteiger partial charge in [0.05, 0.1) is 5.21 Å². The van der Waals surface area contributed by atoms with Gasteiger partial charge in [-0.25, -0.2) is 0 Å². The van der Waals surface area contributed by atoms with Crippen LogP contribution in [0.4, 0.5) is 0 Å². The molecule has 2 aliphatic carbocycles. The van der Waals surface area contributed by atoms with Gasteiger partial charge < -0.3 is 4.57 Å². The summed E-state index contributed by atoms with van der Waals surface area (Å²) in [6, 6.07) is 0.673. The molecule has 0 aromatic carbocycles. The fourth-order valence-corrected chi connectivity index (χ4v) is 2.60. The maximum atomic E-state index is 5.72. The molecule has 0 radical (unpaired) electrons. The van der Waals surface area contributed by atoms with Gasteiger partial charge in [0.2, 0.25) is 0 Å². The van der Waals surface area contributed by atoms with Crippen LogP contribution in [0.15, 0.2) is 5.16 Å². The van der Waals surface area contributed by atoms with Crippen LogP contribution in [-0.4, -0.2) is 20.0 Å². The van der Waals surface area contributed by atoms with Gasteiger partial charge in [0.15, 0.2) is 5.16 Å². The molecule has 3 nitrogen and oxygen atoms in total. The lowest BCUT2D eigenvalue weighted by Gasteiger charge is -2.06. The molecule has 5 heteroatoms. The summed E-state index contributed by atoms with van der Waals surface area (Å²) in [6.07, 6.45) is 5.15. The van der Waals surface area contributed by atoms with E-state index >= 15 is 0 Å². The minimum Gasteiger partial charge on any atom is -0.303 e. The van der Waals surface area contributed by atoms with Crippen LogP contribution in [0.25, 0.3) is 0 Å². The monoisotopic (exact) mass is 229 g/mol. The third-order valence-corrected chi connectivity index (χ3v) is 3.70. The van der Waals surface area contributed by atoms with E-state index in [0.717, 1.165) is 5.16 Å². The first-order valence-electron chi connectivity index (χ1n) is 5.03. The van der Waals surface area contributed by atoms with E-state index in [1.54, 1.807) is 11.8 Å². The van der Waals surface area contributed by atoms with Gasteiger partial charge in [-0.3, -0.25) is 0 Å². The number of nitrogens with zero attached hydrogens (tertiary/aromatic N) is 3. The van der Waals surface area contributed by atoms with Crippen LogP contribution in [-0.2, 0) is 0 Å². The normalized spacial score (nSPS) is 21.5. The summed E-state index contributed by atoms with van der Waals surface area (Å²) in [5.41, 5.74) is 0. The SMILES string of the molecule is ClCSc1nnc(C2CC2)n1C1CC1. The van der Waals surface area contributed by atoms with Crippen molar-refractivity contribution in [3.05, 3.63) is 5.82 Å². The number of rotatable bonds is 4. The van der Waals surface area contributed by atoms with Crippen molar-refractivity contribution in [1.82, 2.24) is 14.8 Å². The lowest BCUT2D eigenvalue weighted by molar-refractivity contribution is 0.627.